The summed E-state index contributed by atoms with van der Waals surface area (Å²) in [5.74, 6) is -0.949. The zero-order chi connectivity index (χ0) is 25.4. The lowest BCUT2D eigenvalue weighted by Crippen LogP contribution is -2.37. The Morgan fingerprint density at radius 3 is 2.63 bits per heavy atom. The van der Waals surface area contributed by atoms with Crippen LogP contribution in [0.2, 0.25) is 0 Å². The van der Waals surface area contributed by atoms with Crippen molar-refractivity contribution < 1.29 is 27.9 Å². The average Bonchev–Trinajstić information content (AvgIpc) is 3.09. The SMILES string of the molecule is CC(C)(CCC(=O)N1CCc2c(n(Cc3cccc(C(F)(F)F)c3)c3ncccc23)C1)CC(=O)O. The summed E-state index contributed by atoms with van der Waals surface area (Å²) >= 11 is 0. The normalized spacial score (nSPS) is 14.3. The number of benzene rings is 1. The van der Waals surface area contributed by atoms with Crippen LogP contribution in [0.25, 0.3) is 11.0 Å². The molecule has 4 rings (SSSR count). The summed E-state index contributed by atoms with van der Waals surface area (Å²) in [6.07, 6.45) is -1.47. The van der Waals surface area contributed by atoms with Gasteiger partial charge in [0.15, 0.2) is 0 Å². The Balaban J connectivity index is 1.60. The van der Waals surface area contributed by atoms with E-state index >= 15 is 0 Å². The van der Waals surface area contributed by atoms with Crippen molar-refractivity contribution in [1.29, 1.82) is 0 Å². The number of aromatic nitrogens is 2. The van der Waals surface area contributed by atoms with Crippen LogP contribution in [0.4, 0.5) is 13.2 Å². The van der Waals surface area contributed by atoms with E-state index in [1.54, 1.807) is 17.2 Å². The van der Waals surface area contributed by atoms with E-state index in [-0.39, 0.29) is 25.3 Å². The highest BCUT2D eigenvalue weighted by molar-refractivity contribution is 5.84. The highest BCUT2D eigenvalue weighted by atomic mass is 19.4. The van der Waals surface area contributed by atoms with Crippen LogP contribution in [-0.2, 0) is 35.3 Å². The van der Waals surface area contributed by atoms with Crippen molar-refractivity contribution >= 4 is 22.9 Å². The van der Waals surface area contributed by atoms with Crippen LogP contribution in [0.5, 0.6) is 0 Å². The maximum Gasteiger partial charge on any atom is 0.416 e. The standard InChI is InChI=1S/C26H28F3N3O3/c1-25(2,14-23(34)35)10-8-22(33)31-12-9-19-20-7-4-11-30-24(20)32(21(19)16-31)15-17-5-3-6-18(13-17)26(27,28)29/h3-7,11,13H,8-10,12,14-16H2,1-2H3,(H,34,35). The lowest BCUT2D eigenvalue weighted by Gasteiger charge is -2.30. The van der Waals surface area contributed by atoms with E-state index in [2.05, 4.69) is 4.98 Å². The van der Waals surface area contributed by atoms with E-state index in [4.69, 9.17) is 5.11 Å². The number of carboxylic acids is 1. The van der Waals surface area contributed by atoms with Gasteiger partial charge in [-0.05, 0) is 53.6 Å². The molecule has 1 N–H and O–H groups in total. The Labute approximate surface area is 201 Å². The number of fused-ring (bicyclic) bond motifs is 3. The first-order valence-corrected chi connectivity index (χ1v) is 11.6. The van der Waals surface area contributed by atoms with Gasteiger partial charge in [-0.25, -0.2) is 4.98 Å². The predicted octanol–water partition coefficient (Wildman–Crippen LogP) is 5.27. The Hall–Kier alpha value is -3.36. The number of amides is 1. The van der Waals surface area contributed by atoms with Gasteiger partial charge in [0.05, 0.1) is 18.5 Å². The summed E-state index contributed by atoms with van der Waals surface area (Å²) in [6, 6.07) is 9.05. The number of nitrogens with zero attached hydrogens (tertiary/aromatic N) is 3. The molecule has 1 aromatic carbocycles. The van der Waals surface area contributed by atoms with Crippen LogP contribution >= 0.6 is 0 Å². The van der Waals surface area contributed by atoms with Gasteiger partial charge in [-0.3, -0.25) is 9.59 Å². The molecule has 0 aliphatic carbocycles. The van der Waals surface area contributed by atoms with Crippen LogP contribution in [-0.4, -0.2) is 38.0 Å². The van der Waals surface area contributed by atoms with Gasteiger partial charge in [0.2, 0.25) is 5.91 Å². The second-order valence-electron chi connectivity index (χ2n) is 9.88. The van der Waals surface area contributed by atoms with Crippen LogP contribution in [0.1, 0.15) is 55.5 Å². The monoisotopic (exact) mass is 487 g/mol. The van der Waals surface area contributed by atoms with Gasteiger partial charge < -0.3 is 14.6 Å². The number of alkyl halides is 3. The molecule has 0 radical (unpaired) electrons. The predicted molar refractivity (Wildman–Crippen MR) is 125 cm³/mol. The van der Waals surface area contributed by atoms with Crippen LogP contribution < -0.4 is 0 Å². The molecule has 6 nitrogen and oxygen atoms in total. The van der Waals surface area contributed by atoms with Crippen molar-refractivity contribution in [3.05, 3.63) is 65.0 Å². The first-order valence-electron chi connectivity index (χ1n) is 11.6. The Kier molecular flexibility index (Phi) is 6.62. The third-order valence-electron chi connectivity index (χ3n) is 6.61. The van der Waals surface area contributed by atoms with Crippen molar-refractivity contribution in [3.63, 3.8) is 0 Å². The Morgan fingerprint density at radius 2 is 1.91 bits per heavy atom. The maximum absolute atomic E-state index is 13.2. The van der Waals surface area contributed by atoms with Crippen molar-refractivity contribution in [3.8, 4) is 0 Å². The highest BCUT2D eigenvalue weighted by Crippen LogP contribution is 2.33. The summed E-state index contributed by atoms with van der Waals surface area (Å²) < 4.78 is 41.6. The summed E-state index contributed by atoms with van der Waals surface area (Å²) in [4.78, 5) is 30.3. The molecule has 9 heteroatoms. The van der Waals surface area contributed by atoms with E-state index in [0.717, 1.165) is 28.8 Å². The minimum absolute atomic E-state index is 0.0126. The van der Waals surface area contributed by atoms with Gasteiger partial charge in [-0.1, -0.05) is 26.0 Å². The summed E-state index contributed by atoms with van der Waals surface area (Å²) in [7, 11) is 0. The molecule has 1 amide bonds. The summed E-state index contributed by atoms with van der Waals surface area (Å²) in [5.41, 5.74) is 1.94. The van der Waals surface area contributed by atoms with Gasteiger partial charge >= 0.3 is 12.1 Å². The lowest BCUT2D eigenvalue weighted by molar-refractivity contribution is -0.140. The second-order valence-corrected chi connectivity index (χ2v) is 9.88. The molecule has 1 aliphatic rings. The van der Waals surface area contributed by atoms with Crippen LogP contribution in [0.15, 0.2) is 42.6 Å². The highest BCUT2D eigenvalue weighted by Gasteiger charge is 2.31. The summed E-state index contributed by atoms with van der Waals surface area (Å²) in [6.45, 7) is 4.74. The molecule has 0 saturated heterocycles. The zero-order valence-electron chi connectivity index (χ0n) is 19.7. The van der Waals surface area contributed by atoms with E-state index in [1.807, 2.05) is 30.5 Å². The number of carbonyl (C=O) groups excluding carboxylic acids is 1. The maximum atomic E-state index is 13.2. The number of rotatable bonds is 7. The molecule has 0 bridgehead atoms. The smallest absolute Gasteiger partial charge is 0.416 e. The largest absolute Gasteiger partial charge is 0.481 e. The van der Waals surface area contributed by atoms with Gasteiger partial charge in [-0.2, -0.15) is 13.2 Å². The van der Waals surface area contributed by atoms with Gasteiger partial charge in [0.1, 0.15) is 5.65 Å². The molecule has 3 heterocycles. The molecule has 0 fully saturated rings. The summed E-state index contributed by atoms with van der Waals surface area (Å²) in [5, 5.41) is 10.0. The van der Waals surface area contributed by atoms with Gasteiger partial charge in [-0.15, -0.1) is 0 Å². The quantitative estimate of drug-likeness (QED) is 0.493. The first-order chi connectivity index (χ1) is 16.4. The van der Waals surface area contributed by atoms with E-state index in [0.29, 0.717) is 37.1 Å². The fourth-order valence-electron chi connectivity index (χ4n) is 4.77. The molecule has 186 valence electrons. The number of pyridine rings is 1. The molecule has 0 unspecified atom stereocenters. The molecule has 0 spiro atoms. The third kappa shape index (κ3) is 5.49. The molecule has 35 heavy (non-hydrogen) atoms. The number of carboxylic acid groups (broad SMARTS) is 1. The fourth-order valence-corrected chi connectivity index (χ4v) is 4.77. The van der Waals surface area contributed by atoms with Gasteiger partial charge in [0, 0.05) is 36.8 Å². The Bertz CT molecular complexity index is 1260. The Morgan fingerprint density at radius 1 is 1.14 bits per heavy atom. The van der Waals surface area contributed by atoms with Crippen molar-refractivity contribution in [2.45, 2.75) is 58.8 Å². The minimum atomic E-state index is -4.43. The lowest BCUT2D eigenvalue weighted by atomic mass is 9.84. The molecular weight excluding hydrogens is 459 g/mol. The number of hydrogen-bond donors (Lipinski definition) is 1. The molecular formula is C26H28F3N3O3. The second kappa shape index (κ2) is 9.36. The van der Waals surface area contributed by atoms with Crippen LogP contribution in [0.3, 0.4) is 0 Å². The number of aliphatic carboxylic acids is 1. The minimum Gasteiger partial charge on any atom is -0.481 e. The first kappa shape index (κ1) is 24.8. The molecule has 2 aromatic heterocycles. The van der Waals surface area contributed by atoms with Gasteiger partial charge in [0.25, 0.3) is 0 Å². The topological polar surface area (TPSA) is 75.4 Å². The third-order valence-corrected chi connectivity index (χ3v) is 6.61. The van der Waals surface area contributed by atoms with Crippen molar-refractivity contribution in [2.24, 2.45) is 5.41 Å². The molecule has 1 aliphatic heterocycles. The van der Waals surface area contributed by atoms with Crippen LogP contribution in [0, 0.1) is 5.41 Å². The number of carbonyl (C=O) groups is 2. The molecule has 0 atom stereocenters. The van der Waals surface area contributed by atoms with E-state index in [1.165, 1.54) is 6.07 Å². The molecule has 3 aromatic rings. The van der Waals surface area contributed by atoms with E-state index < -0.39 is 23.1 Å². The van der Waals surface area contributed by atoms with Crippen molar-refractivity contribution in [1.82, 2.24) is 14.5 Å². The average molecular weight is 488 g/mol. The fraction of sp³-hybridized carbons (Fsp3) is 0.423. The van der Waals surface area contributed by atoms with Crippen molar-refractivity contribution in [2.75, 3.05) is 6.54 Å². The number of hydrogen-bond acceptors (Lipinski definition) is 3. The van der Waals surface area contributed by atoms with E-state index in [9.17, 15) is 22.8 Å². The molecule has 0 saturated carbocycles. The zero-order valence-corrected chi connectivity index (χ0v) is 19.7. The number of halogens is 3.